The first kappa shape index (κ1) is 79.3. The summed E-state index contributed by atoms with van der Waals surface area (Å²) in [6.45, 7) is 25.3. The number of para-hydroxylation sites is 7. The lowest BCUT2D eigenvalue weighted by molar-refractivity contribution is 0.383. The molecule has 129 heavy (non-hydrogen) atoms. The number of anilines is 13. The Hall–Kier alpha value is -15.6. The van der Waals surface area contributed by atoms with E-state index in [4.69, 9.17) is 23.5 Å². The molecule has 0 bridgehead atoms. The maximum Gasteiger partial charge on any atom is 0.227 e. The van der Waals surface area contributed by atoms with E-state index in [1.165, 1.54) is 56.4 Å². The van der Waals surface area contributed by atoms with Gasteiger partial charge in [0.1, 0.15) is 36.4 Å². The molecule has 10 aromatic carbocycles. The second-order valence-electron chi connectivity index (χ2n) is 33.9. The highest BCUT2D eigenvalue weighted by molar-refractivity contribution is 6.15. The van der Waals surface area contributed by atoms with Crippen LogP contribution in [-0.2, 0) is 0 Å². The highest BCUT2D eigenvalue weighted by atomic mass is 16.4. The highest BCUT2D eigenvalue weighted by Gasteiger charge is 2.42. The predicted molar refractivity (Wildman–Crippen MR) is 527 cm³/mol. The Morgan fingerprint density at radius 3 is 1.11 bits per heavy atom. The summed E-state index contributed by atoms with van der Waals surface area (Å²) in [5, 5.41) is 10.9. The number of furan rings is 5. The molecular formula is C108H98N16O5. The minimum absolute atomic E-state index is 0.0928. The van der Waals surface area contributed by atoms with Crippen LogP contribution >= 0.6 is 0 Å². The van der Waals surface area contributed by atoms with Gasteiger partial charge in [-0.1, -0.05) is 140 Å². The van der Waals surface area contributed by atoms with Crippen LogP contribution in [0.25, 0.3) is 110 Å². The average molecular weight is 1700 g/mol. The molecular weight excluding hydrogens is 1600 g/mol. The van der Waals surface area contributed by atoms with Gasteiger partial charge in [-0.05, 0) is 214 Å². The summed E-state index contributed by atoms with van der Waals surface area (Å²) in [5.41, 5.74) is 26.5. The first-order valence-corrected chi connectivity index (χ1v) is 43.9. The lowest BCUT2D eigenvalue weighted by atomic mass is 10.1. The zero-order valence-corrected chi connectivity index (χ0v) is 74.5. The minimum atomic E-state index is -0.839. The van der Waals surface area contributed by atoms with Gasteiger partial charge in [-0.2, -0.15) is 0 Å². The fourth-order valence-corrected chi connectivity index (χ4v) is 19.5. The Kier molecular flexibility index (Phi) is 19.9. The molecule has 5 aliphatic rings. The zero-order chi connectivity index (χ0) is 89.2. The van der Waals surface area contributed by atoms with Crippen LogP contribution in [0.4, 0.5) is 74.2 Å². The van der Waals surface area contributed by atoms with Gasteiger partial charge in [0.25, 0.3) is 0 Å². The number of hydrogen-bond donors (Lipinski definition) is 0. The van der Waals surface area contributed by atoms with Crippen LogP contribution in [-0.4, -0.2) is 85.7 Å². The molecule has 10 aromatic heterocycles. The second-order valence-corrected chi connectivity index (χ2v) is 33.9. The van der Waals surface area contributed by atoms with Gasteiger partial charge in [-0.3, -0.25) is 4.90 Å². The van der Waals surface area contributed by atoms with E-state index in [1.807, 2.05) is 67.3 Å². The molecule has 5 atom stereocenters. The largest absolute Gasteiger partial charge is 0.454 e. The zero-order valence-electron chi connectivity index (χ0n) is 75.5. The Bertz CT molecular complexity index is 7830. The molecule has 25 rings (SSSR count). The van der Waals surface area contributed by atoms with Crippen LogP contribution in [0, 0.1) is 34.6 Å². The summed E-state index contributed by atoms with van der Waals surface area (Å²) in [5.74, 6) is 1.48. The number of rotatable bonds is 8. The molecule has 640 valence electrons. The van der Waals surface area contributed by atoms with E-state index in [9.17, 15) is 0 Å². The van der Waals surface area contributed by atoms with E-state index in [-0.39, 0.29) is 30.8 Å². The molecule has 0 saturated carbocycles. The summed E-state index contributed by atoms with van der Waals surface area (Å²) in [7, 11) is 4.22. The Balaban J connectivity index is 0.0000000988. The Labute approximate surface area is 748 Å². The van der Waals surface area contributed by atoms with Crippen molar-refractivity contribution in [1.29, 1.82) is 0 Å². The van der Waals surface area contributed by atoms with Crippen LogP contribution in [0.2, 0.25) is 0 Å². The molecule has 0 aliphatic carbocycles. The third-order valence-corrected chi connectivity index (χ3v) is 26.0. The molecule has 5 unspecified atom stereocenters. The molecule has 21 nitrogen and oxygen atoms in total. The number of aryl methyl sites for hydroxylation is 5. The third-order valence-electron chi connectivity index (χ3n) is 26.0. The van der Waals surface area contributed by atoms with E-state index < -0.39 is 6.02 Å². The highest BCUT2D eigenvalue weighted by Crippen LogP contribution is 2.54. The molecule has 5 aliphatic heterocycles. The summed E-state index contributed by atoms with van der Waals surface area (Å²) in [4.78, 5) is 49.3. The molecule has 0 radical (unpaired) electrons. The van der Waals surface area contributed by atoms with E-state index >= 15 is 0 Å². The molecule has 0 saturated heterocycles. The van der Waals surface area contributed by atoms with Crippen LogP contribution < -0.4 is 44.1 Å². The normalized spacial score (nSPS) is 17.0. The standard InChI is InChI=1S/C26H21N3O.C22H22N4O.C22H19N3O.C21H19N3O.C17H17N3O/c1-17-14-15-20-21-11-8-16-27-26(21)30-25(20)24(17)29-18(2)28(19-9-4-3-5-10-19)22-12-6-7-13-23(22)29;1-13(2)25-15(4)26(22-21(25)23-11-12-24-22)19-14(3)9-10-17-16-7-5-6-8-18(16)27-20(17)19;1-15-10-11-18-19-9-6-12-23-22(19)26-21(18)20(15)25-14-13-24(16(25)2)17-7-4-3-5-8-17;1-13-10-11-15-16-7-6-12-22-21(16)25-20(15)19(13)24-14(2)23(3)17-8-4-5-9-18(17)24;1-11-6-7-13-14-5-4-8-18-17(14)21-16(13)15(11)20-10-9-19(3)12(20)2/h3-16,18H,1-2H3;5-13,15H,1-4H3;3-14,16H,1-2H3;4-12,14H,1-3H3;4-10,12H,1-3H3/i;13D;;;. The van der Waals surface area contributed by atoms with Crippen molar-refractivity contribution in [2.24, 2.45) is 0 Å². The fourth-order valence-electron chi connectivity index (χ4n) is 19.5. The molecule has 20 aromatic rings. The SMILES string of the molecule is Cc1ccc2c(oc3ncccc32)c1N1C=CN(C)C1C.Cc1ccc2c(oc3ncccc32)c1N1C=CN(c2ccccc2)C1C.Cc1ccc2c(oc3ncccc32)c1N1c2ccccc2N(C)C1C.Cc1ccc2c(oc3ncccc32)c1N1c2ccccc2N(c2ccccc2)C1C.[2H]C(C)(C)N1c2nccnc2N(c2c(C)ccc3c2oc2ccccc23)C1C. The van der Waals surface area contributed by atoms with Gasteiger partial charge >= 0.3 is 0 Å². The number of pyridine rings is 4. The smallest absolute Gasteiger partial charge is 0.227 e. The van der Waals surface area contributed by atoms with Crippen LogP contribution in [0.1, 0.15) is 77.7 Å². The van der Waals surface area contributed by atoms with Crippen LogP contribution in [0.3, 0.4) is 0 Å². The lowest BCUT2D eigenvalue weighted by Gasteiger charge is -2.32. The summed E-state index contributed by atoms with van der Waals surface area (Å²) in [6, 6.07) is 82.8. The van der Waals surface area contributed by atoms with Crippen molar-refractivity contribution in [3.63, 3.8) is 0 Å². The summed E-state index contributed by atoms with van der Waals surface area (Å²) < 4.78 is 39.7. The number of fused-ring (bicyclic) bond motifs is 18. The molecule has 0 spiro atoms. The topological polar surface area (TPSA) is 175 Å². The Morgan fingerprint density at radius 2 is 0.636 bits per heavy atom. The average Bonchev–Trinajstić information content (AvgIpc) is 1.54. The van der Waals surface area contributed by atoms with Gasteiger partial charge in [0.2, 0.25) is 22.9 Å². The van der Waals surface area contributed by atoms with E-state index in [0.29, 0.717) is 22.9 Å². The second kappa shape index (κ2) is 32.4. The van der Waals surface area contributed by atoms with Gasteiger partial charge in [0.15, 0.2) is 39.6 Å². The lowest BCUT2D eigenvalue weighted by Crippen LogP contribution is -2.42. The molecule has 15 heterocycles. The molecule has 0 amide bonds. The molecule has 0 N–H and O–H groups in total. The van der Waals surface area contributed by atoms with Crippen LogP contribution in [0.15, 0.2) is 327 Å². The quantitative estimate of drug-likeness (QED) is 0.140. The number of benzene rings is 10. The number of nitrogens with zero attached hydrogens (tertiary/aromatic N) is 16. The van der Waals surface area contributed by atoms with Gasteiger partial charge in [-0.25, -0.2) is 29.9 Å². The summed E-state index contributed by atoms with van der Waals surface area (Å²) in [6.07, 6.45) is 19.5. The van der Waals surface area contributed by atoms with Gasteiger partial charge in [-0.15, -0.1) is 0 Å². The van der Waals surface area contributed by atoms with Gasteiger partial charge in [0.05, 0.1) is 52.6 Å². The number of aromatic nitrogens is 6. The van der Waals surface area contributed by atoms with E-state index in [2.05, 4.69) is 376 Å². The van der Waals surface area contributed by atoms with Crippen molar-refractivity contribution in [3.05, 3.63) is 332 Å². The molecule has 0 fully saturated rings. The van der Waals surface area contributed by atoms with E-state index in [1.54, 1.807) is 37.2 Å². The first-order valence-electron chi connectivity index (χ1n) is 44.4. The van der Waals surface area contributed by atoms with Crippen molar-refractivity contribution in [3.8, 4) is 0 Å². The maximum absolute atomic E-state index is 8.66. The monoisotopic (exact) mass is 1700 g/mol. The fraction of sp³-hybridized carbons (Fsp3) is 0.185. The maximum atomic E-state index is 8.66. The van der Waals surface area contributed by atoms with Gasteiger partial charge in [0, 0.05) is 147 Å². The minimum Gasteiger partial charge on any atom is -0.454 e. The molecule has 21 heteroatoms. The van der Waals surface area contributed by atoms with Crippen molar-refractivity contribution in [1.82, 2.24) is 34.8 Å². The summed E-state index contributed by atoms with van der Waals surface area (Å²) >= 11 is 0. The van der Waals surface area contributed by atoms with Crippen molar-refractivity contribution in [2.75, 3.05) is 58.2 Å². The van der Waals surface area contributed by atoms with Crippen LogP contribution in [0.5, 0.6) is 0 Å². The number of hydrogen-bond acceptors (Lipinski definition) is 21. The third kappa shape index (κ3) is 13.4. The predicted octanol–water partition coefficient (Wildman–Crippen LogP) is 26.8. The van der Waals surface area contributed by atoms with Crippen molar-refractivity contribution in [2.45, 2.75) is 120 Å². The van der Waals surface area contributed by atoms with E-state index in [0.717, 1.165) is 133 Å². The van der Waals surface area contributed by atoms with Crippen molar-refractivity contribution < 1.29 is 23.5 Å². The van der Waals surface area contributed by atoms with Crippen molar-refractivity contribution >= 4 is 184 Å². The first-order chi connectivity index (χ1) is 63.2. The van der Waals surface area contributed by atoms with Gasteiger partial charge < -0.3 is 66.2 Å². The Morgan fingerprint density at radius 1 is 0.279 bits per heavy atom.